The first-order valence-electron chi connectivity index (χ1n) is 14.8. The summed E-state index contributed by atoms with van der Waals surface area (Å²) in [5.41, 5.74) is 8.38. The number of hydrogen-bond acceptors (Lipinski definition) is 3. The normalized spacial score (nSPS) is 10.1. The van der Waals surface area contributed by atoms with Crippen LogP contribution in [0.3, 0.4) is 0 Å². The molecule has 43 heavy (non-hydrogen) atoms. The van der Waals surface area contributed by atoms with Gasteiger partial charge in [0.05, 0.1) is 10.6 Å². The summed E-state index contributed by atoms with van der Waals surface area (Å²) >= 11 is 0. The number of nitro benzene ring substituents is 1. The molecule has 0 heterocycles. The van der Waals surface area contributed by atoms with Crippen molar-refractivity contribution in [2.45, 2.75) is 34.1 Å². The Kier molecular flexibility index (Phi) is 10.8. The molecular weight excluding hydrogens is 528 g/mol. The molecular formula is C39H38N2O2. The third kappa shape index (κ3) is 7.75. The molecule has 0 aliphatic rings. The smallest absolute Gasteiger partial charge is 0.269 e. The molecule has 6 aromatic rings. The van der Waals surface area contributed by atoms with Crippen molar-refractivity contribution in [1.82, 2.24) is 0 Å². The molecule has 4 heteroatoms. The third-order valence-corrected chi connectivity index (χ3v) is 7.06. The standard InChI is InChI=1S/C29H23N.C8H9NO2.C2H6/c1-22-14-18-26(19-15-22)30(29-13-7-11-25-10-5-6-12-28(25)29)27-20-16-24(17-21-27)23-8-3-2-4-9-23;1-2-7-4-3-5-8(6-7)9(10)11;1-2/h2-21H,1H3;3-6H,2H2,1H3;1-2H3. The van der Waals surface area contributed by atoms with Crippen LogP contribution in [0, 0.1) is 17.0 Å². The Morgan fingerprint density at radius 3 is 1.84 bits per heavy atom. The molecule has 0 spiro atoms. The van der Waals surface area contributed by atoms with E-state index >= 15 is 0 Å². The fraction of sp³-hybridized carbons (Fsp3) is 0.128. The fourth-order valence-corrected chi connectivity index (χ4v) is 4.85. The fourth-order valence-electron chi connectivity index (χ4n) is 4.85. The second-order valence-electron chi connectivity index (χ2n) is 9.86. The summed E-state index contributed by atoms with van der Waals surface area (Å²) in [6.07, 6.45) is 0.835. The van der Waals surface area contributed by atoms with Crippen LogP contribution < -0.4 is 4.90 Å². The van der Waals surface area contributed by atoms with E-state index in [0.29, 0.717) is 0 Å². The zero-order valence-corrected chi connectivity index (χ0v) is 25.3. The molecule has 0 aliphatic heterocycles. The molecule has 0 radical (unpaired) electrons. The largest absolute Gasteiger partial charge is 0.310 e. The van der Waals surface area contributed by atoms with Gasteiger partial charge < -0.3 is 4.90 Å². The molecule has 0 atom stereocenters. The average Bonchev–Trinajstić information content (AvgIpc) is 3.08. The Labute approximate surface area is 255 Å². The van der Waals surface area contributed by atoms with Gasteiger partial charge in [0, 0.05) is 28.9 Å². The van der Waals surface area contributed by atoms with Crippen molar-refractivity contribution in [3.63, 3.8) is 0 Å². The van der Waals surface area contributed by atoms with Gasteiger partial charge in [-0.15, -0.1) is 0 Å². The average molecular weight is 567 g/mol. The van der Waals surface area contributed by atoms with Crippen molar-refractivity contribution >= 4 is 33.5 Å². The highest BCUT2D eigenvalue weighted by atomic mass is 16.6. The number of aryl methyl sites for hydroxylation is 2. The van der Waals surface area contributed by atoms with E-state index in [1.807, 2.05) is 26.8 Å². The molecule has 0 saturated carbocycles. The number of rotatable bonds is 6. The van der Waals surface area contributed by atoms with E-state index in [0.717, 1.165) is 23.4 Å². The summed E-state index contributed by atoms with van der Waals surface area (Å²) in [7, 11) is 0. The van der Waals surface area contributed by atoms with Gasteiger partial charge in [0.25, 0.3) is 5.69 Å². The molecule has 0 N–H and O–H groups in total. The lowest BCUT2D eigenvalue weighted by atomic mass is 10.0. The number of anilines is 3. The predicted octanol–water partition coefficient (Wildman–Crippen LogP) is 11.5. The van der Waals surface area contributed by atoms with Crippen molar-refractivity contribution in [1.29, 1.82) is 0 Å². The van der Waals surface area contributed by atoms with E-state index in [9.17, 15) is 10.1 Å². The minimum Gasteiger partial charge on any atom is -0.310 e. The van der Waals surface area contributed by atoms with Gasteiger partial charge in [0.2, 0.25) is 0 Å². The molecule has 0 aromatic heterocycles. The molecule has 0 amide bonds. The monoisotopic (exact) mass is 566 g/mol. The minimum atomic E-state index is -0.376. The Bertz CT molecular complexity index is 1740. The van der Waals surface area contributed by atoms with Gasteiger partial charge in [0.15, 0.2) is 0 Å². The van der Waals surface area contributed by atoms with Crippen LogP contribution in [-0.2, 0) is 6.42 Å². The first-order chi connectivity index (χ1) is 21.0. The molecule has 6 aromatic carbocycles. The van der Waals surface area contributed by atoms with Crippen molar-refractivity contribution in [2.75, 3.05) is 4.90 Å². The highest BCUT2D eigenvalue weighted by Gasteiger charge is 2.15. The van der Waals surface area contributed by atoms with Crippen LogP contribution in [0.5, 0.6) is 0 Å². The Balaban J connectivity index is 0.000000274. The topological polar surface area (TPSA) is 46.4 Å². The van der Waals surface area contributed by atoms with Gasteiger partial charge in [-0.2, -0.15) is 0 Å². The molecule has 0 fully saturated rings. The van der Waals surface area contributed by atoms with E-state index in [4.69, 9.17) is 0 Å². The third-order valence-electron chi connectivity index (χ3n) is 7.06. The molecule has 0 bridgehead atoms. The summed E-state index contributed by atoms with van der Waals surface area (Å²) < 4.78 is 0. The predicted molar refractivity (Wildman–Crippen MR) is 183 cm³/mol. The Hall–Kier alpha value is -5.22. The Morgan fingerprint density at radius 1 is 0.628 bits per heavy atom. The second-order valence-corrected chi connectivity index (χ2v) is 9.86. The number of nitrogens with zero attached hydrogens (tertiary/aromatic N) is 2. The van der Waals surface area contributed by atoms with Crippen molar-refractivity contribution in [2.24, 2.45) is 0 Å². The summed E-state index contributed by atoms with van der Waals surface area (Å²) in [6.45, 7) is 8.10. The summed E-state index contributed by atoms with van der Waals surface area (Å²) in [5, 5.41) is 12.8. The molecule has 6 rings (SSSR count). The van der Waals surface area contributed by atoms with Crippen LogP contribution in [-0.4, -0.2) is 4.92 Å². The van der Waals surface area contributed by atoms with Crippen molar-refractivity contribution < 1.29 is 4.92 Å². The number of fused-ring (bicyclic) bond motifs is 1. The van der Waals surface area contributed by atoms with E-state index < -0.39 is 0 Å². The maximum absolute atomic E-state index is 10.3. The minimum absolute atomic E-state index is 0.171. The first-order valence-corrected chi connectivity index (χ1v) is 14.8. The van der Waals surface area contributed by atoms with E-state index in [1.165, 1.54) is 39.2 Å². The second kappa shape index (κ2) is 15.1. The summed E-state index contributed by atoms with van der Waals surface area (Å²) in [5.74, 6) is 0. The quantitative estimate of drug-likeness (QED) is 0.149. The molecule has 0 aliphatic carbocycles. The number of hydrogen-bond donors (Lipinski definition) is 0. The van der Waals surface area contributed by atoms with Gasteiger partial charge in [-0.1, -0.05) is 129 Å². The van der Waals surface area contributed by atoms with Gasteiger partial charge in [-0.25, -0.2) is 0 Å². The number of benzene rings is 6. The molecule has 4 nitrogen and oxygen atoms in total. The summed E-state index contributed by atoms with van der Waals surface area (Å²) in [4.78, 5) is 12.2. The van der Waals surface area contributed by atoms with Crippen LogP contribution in [0.4, 0.5) is 22.7 Å². The maximum atomic E-state index is 10.3. The number of non-ortho nitro benzene ring substituents is 1. The van der Waals surface area contributed by atoms with Gasteiger partial charge in [-0.3, -0.25) is 10.1 Å². The first kappa shape index (κ1) is 30.7. The summed E-state index contributed by atoms with van der Waals surface area (Å²) in [6, 6.07) is 49.9. The van der Waals surface area contributed by atoms with Crippen LogP contribution in [0.2, 0.25) is 0 Å². The van der Waals surface area contributed by atoms with Gasteiger partial charge in [0.1, 0.15) is 0 Å². The molecule has 0 unspecified atom stereocenters. The molecule has 216 valence electrons. The number of nitro groups is 1. The SMILES string of the molecule is CC.CCc1cccc([N+](=O)[O-])c1.Cc1ccc(N(c2ccc(-c3ccccc3)cc2)c2cccc3ccccc23)cc1. The van der Waals surface area contributed by atoms with Crippen molar-refractivity contribution in [3.05, 3.63) is 167 Å². The van der Waals surface area contributed by atoms with Crippen LogP contribution >= 0.6 is 0 Å². The highest BCUT2D eigenvalue weighted by molar-refractivity contribution is 5.98. The van der Waals surface area contributed by atoms with Crippen molar-refractivity contribution in [3.8, 4) is 11.1 Å². The Morgan fingerprint density at radius 2 is 1.19 bits per heavy atom. The van der Waals surface area contributed by atoms with E-state index in [-0.39, 0.29) is 10.6 Å². The van der Waals surface area contributed by atoms with Gasteiger partial charge in [-0.05, 0) is 65.8 Å². The lowest BCUT2D eigenvalue weighted by Gasteiger charge is -2.27. The zero-order valence-electron chi connectivity index (χ0n) is 25.3. The van der Waals surface area contributed by atoms with Gasteiger partial charge >= 0.3 is 0 Å². The zero-order chi connectivity index (χ0) is 30.6. The van der Waals surface area contributed by atoms with E-state index in [2.05, 4.69) is 133 Å². The van der Waals surface area contributed by atoms with E-state index in [1.54, 1.807) is 12.1 Å². The van der Waals surface area contributed by atoms with Crippen LogP contribution in [0.15, 0.2) is 146 Å². The van der Waals surface area contributed by atoms with Crippen LogP contribution in [0.1, 0.15) is 31.9 Å². The molecule has 0 saturated heterocycles. The maximum Gasteiger partial charge on any atom is 0.269 e. The lowest BCUT2D eigenvalue weighted by molar-refractivity contribution is -0.384. The highest BCUT2D eigenvalue weighted by Crippen LogP contribution is 2.39. The lowest BCUT2D eigenvalue weighted by Crippen LogP contribution is -2.10. The van der Waals surface area contributed by atoms with Crippen LogP contribution in [0.25, 0.3) is 21.9 Å².